The third-order valence-corrected chi connectivity index (χ3v) is 2.86. The predicted molar refractivity (Wildman–Crippen MR) is 67.7 cm³/mol. The molecular formula is C13H18N2O. The number of fused-ring (bicyclic) bond motifs is 1. The number of aromatic nitrogens is 1. The van der Waals surface area contributed by atoms with E-state index < -0.39 is 0 Å². The van der Waals surface area contributed by atoms with Gasteiger partial charge in [-0.2, -0.15) is 0 Å². The van der Waals surface area contributed by atoms with Gasteiger partial charge in [0.05, 0.1) is 0 Å². The highest BCUT2D eigenvalue weighted by Crippen LogP contribution is 2.20. The Hall–Kier alpha value is -1.48. The van der Waals surface area contributed by atoms with Gasteiger partial charge < -0.3 is 15.0 Å². The second-order valence-electron chi connectivity index (χ2n) is 4.26. The van der Waals surface area contributed by atoms with Crippen molar-refractivity contribution in [3.05, 3.63) is 30.5 Å². The molecule has 1 aromatic carbocycles. The van der Waals surface area contributed by atoms with Gasteiger partial charge in [-0.25, -0.2) is 0 Å². The molecule has 3 nitrogen and oxygen atoms in total. The molecule has 1 atom stereocenters. The highest BCUT2D eigenvalue weighted by Gasteiger charge is 2.03. The number of rotatable bonds is 4. The van der Waals surface area contributed by atoms with Crippen LogP contribution >= 0.6 is 0 Å². The summed E-state index contributed by atoms with van der Waals surface area (Å²) in [5, 5.41) is 13.5. The fourth-order valence-electron chi connectivity index (χ4n) is 1.92. The molecule has 0 bridgehead atoms. The van der Waals surface area contributed by atoms with Crippen LogP contribution in [0.2, 0.25) is 0 Å². The number of hydrogen-bond acceptors (Lipinski definition) is 2. The van der Waals surface area contributed by atoms with E-state index >= 15 is 0 Å². The van der Waals surface area contributed by atoms with Crippen LogP contribution in [-0.2, 0) is 7.05 Å². The standard InChI is InChI=1S/C13H18N2O/c1-10(6-8-16)14-12-3-4-13-11(9-12)5-7-15(13)2/h3-5,7,9-10,14,16H,6,8H2,1-2H3. The van der Waals surface area contributed by atoms with Crippen LogP contribution in [0.25, 0.3) is 10.9 Å². The number of anilines is 1. The number of aryl methyl sites for hydroxylation is 1. The summed E-state index contributed by atoms with van der Waals surface area (Å²) in [5.41, 5.74) is 2.35. The van der Waals surface area contributed by atoms with E-state index in [0.717, 1.165) is 12.1 Å². The predicted octanol–water partition coefficient (Wildman–Crippen LogP) is 2.36. The van der Waals surface area contributed by atoms with Gasteiger partial charge in [-0.1, -0.05) is 0 Å². The van der Waals surface area contributed by atoms with Gasteiger partial charge in [0.1, 0.15) is 0 Å². The minimum Gasteiger partial charge on any atom is -0.396 e. The summed E-state index contributed by atoms with van der Waals surface area (Å²) in [6, 6.07) is 8.74. The van der Waals surface area contributed by atoms with Crippen molar-refractivity contribution in [2.75, 3.05) is 11.9 Å². The maximum absolute atomic E-state index is 8.85. The molecule has 2 aromatic rings. The van der Waals surface area contributed by atoms with Crippen molar-refractivity contribution in [3.8, 4) is 0 Å². The van der Waals surface area contributed by atoms with Gasteiger partial charge in [0.25, 0.3) is 0 Å². The first kappa shape index (κ1) is 11.0. The van der Waals surface area contributed by atoms with Gasteiger partial charge in [0.2, 0.25) is 0 Å². The molecule has 86 valence electrons. The lowest BCUT2D eigenvalue weighted by Gasteiger charge is -2.14. The maximum atomic E-state index is 8.85. The molecular weight excluding hydrogens is 200 g/mol. The number of nitrogens with one attached hydrogen (secondary N) is 1. The van der Waals surface area contributed by atoms with Gasteiger partial charge in [-0.15, -0.1) is 0 Å². The molecule has 1 aromatic heterocycles. The molecule has 0 radical (unpaired) electrons. The molecule has 2 rings (SSSR count). The van der Waals surface area contributed by atoms with Crippen LogP contribution in [0.4, 0.5) is 5.69 Å². The largest absolute Gasteiger partial charge is 0.396 e. The molecule has 2 N–H and O–H groups in total. The summed E-state index contributed by atoms with van der Waals surface area (Å²) in [7, 11) is 2.05. The SMILES string of the molecule is CC(CCO)Nc1ccc2c(ccn2C)c1. The minimum atomic E-state index is 0.224. The van der Waals surface area contributed by atoms with E-state index in [9.17, 15) is 0 Å². The lowest BCUT2D eigenvalue weighted by atomic mass is 10.2. The zero-order valence-electron chi connectivity index (χ0n) is 9.77. The van der Waals surface area contributed by atoms with Crippen molar-refractivity contribution < 1.29 is 5.11 Å². The van der Waals surface area contributed by atoms with Crippen LogP contribution < -0.4 is 5.32 Å². The van der Waals surface area contributed by atoms with Crippen LogP contribution in [0, 0.1) is 0 Å². The lowest BCUT2D eigenvalue weighted by molar-refractivity contribution is 0.282. The van der Waals surface area contributed by atoms with E-state index in [-0.39, 0.29) is 6.61 Å². The van der Waals surface area contributed by atoms with Crippen molar-refractivity contribution in [2.45, 2.75) is 19.4 Å². The summed E-state index contributed by atoms with van der Waals surface area (Å²) < 4.78 is 2.11. The third kappa shape index (κ3) is 2.19. The number of aliphatic hydroxyl groups excluding tert-OH is 1. The fourth-order valence-corrected chi connectivity index (χ4v) is 1.92. The third-order valence-electron chi connectivity index (χ3n) is 2.86. The van der Waals surface area contributed by atoms with Crippen molar-refractivity contribution >= 4 is 16.6 Å². The Morgan fingerprint density at radius 2 is 2.19 bits per heavy atom. The Bertz CT molecular complexity index is 476. The quantitative estimate of drug-likeness (QED) is 0.826. The first-order chi connectivity index (χ1) is 7.70. The Morgan fingerprint density at radius 1 is 1.38 bits per heavy atom. The zero-order chi connectivity index (χ0) is 11.5. The molecule has 3 heteroatoms. The summed E-state index contributed by atoms with van der Waals surface area (Å²) in [6.07, 6.45) is 2.83. The Balaban J connectivity index is 2.19. The Kier molecular flexibility index (Phi) is 3.15. The van der Waals surface area contributed by atoms with Crippen molar-refractivity contribution in [1.29, 1.82) is 0 Å². The van der Waals surface area contributed by atoms with Crippen molar-refractivity contribution in [1.82, 2.24) is 4.57 Å². The fraction of sp³-hybridized carbons (Fsp3) is 0.385. The highest BCUT2D eigenvalue weighted by atomic mass is 16.3. The molecule has 0 aliphatic rings. The number of benzene rings is 1. The van der Waals surface area contributed by atoms with Crippen LogP contribution in [0.5, 0.6) is 0 Å². The summed E-state index contributed by atoms with van der Waals surface area (Å²) in [4.78, 5) is 0. The van der Waals surface area contributed by atoms with Gasteiger partial charge in [0.15, 0.2) is 0 Å². The van der Waals surface area contributed by atoms with E-state index in [1.165, 1.54) is 10.9 Å². The summed E-state index contributed by atoms with van der Waals surface area (Å²) in [6.45, 7) is 2.30. The van der Waals surface area contributed by atoms with Crippen LogP contribution in [0.15, 0.2) is 30.5 Å². The summed E-state index contributed by atoms with van der Waals surface area (Å²) in [5.74, 6) is 0. The van der Waals surface area contributed by atoms with Gasteiger partial charge in [-0.3, -0.25) is 0 Å². The molecule has 0 aliphatic heterocycles. The molecule has 0 amide bonds. The van der Waals surface area contributed by atoms with Gasteiger partial charge in [0, 0.05) is 42.5 Å². The molecule has 1 unspecified atom stereocenters. The van der Waals surface area contributed by atoms with Crippen molar-refractivity contribution in [2.24, 2.45) is 7.05 Å². The van der Waals surface area contributed by atoms with E-state index in [1.54, 1.807) is 0 Å². The van der Waals surface area contributed by atoms with Gasteiger partial charge in [-0.05, 0) is 37.6 Å². The summed E-state index contributed by atoms with van der Waals surface area (Å²) >= 11 is 0. The average Bonchev–Trinajstić information content (AvgIpc) is 2.60. The topological polar surface area (TPSA) is 37.2 Å². The first-order valence-electron chi connectivity index (χ1n) is 5.63. The van der Waals surface area contributed by atoms with E-state index in [4.69, 9.17) is 5.11 Å². The molecule has 0 saturated heterocycles. The Labute approximate surface area is 95.7 Å². The van der Waals surface area contributed by atoms with Crippen molar-refractivity contribution in [3.63, 3.8) is 0 Å². The number of aliphatic hydroxyl groups is 1. The number of hydrogen-bond donors (Lipinski definition) is 2. The number of nitrogens with zero attached hydrogens (tertiary/aromatic N) is 1. The molecule has 0 aliphatic carbocycles. The second kappa shape index (κ2) is 4.58. The Morgan fingerprint density at radius 3 is 2.94 bits per heavy atom. The molecule has 1 heterocycles. The average molecular weight is 218 g/mol. The van der Waals surface area contributed by atoms with E-state index in [1.807, 2.05) is 7.05 Å². The first-order valence-corrected chi connectivity index (χ1v) is 5.63. The van der Waals surface area contributed by atoms with E-state index in [0.29, 0.717) is 6.04 Å². The monoisotopic (exact) mass is 218 g/mol. The van der Waals surface area contributed by atoms with E-state index in [2.05, 4.69) is 47.3 Å². The zero-order valence-corrected chi connectivity index (χ0v) is 9.77. The molecule has 0 saturated carbocycles. The second-order valence-corrected chi connectivity index (χ2v) is 4.26. The normalized spacial score (nSPS) is 12.9. The molecule has 16 heavy (non-hydrogen) atoms. The lowest BCUT2D eigenvalue weighted by Crippen LogP contribution is -2.16. The minimum absolute atomic E-state index is 0.224. The smallest absolute Gasteiger partial charge is 0.0479 e. The van der Waals surface area contributed by atoms with Crippen LogP contribution in [-0.4, -0.2) is 22.3 Å². The molecule has 0 spiro atoms. The highest BCUT2D eigenvalue weighted by molar-refractivity contribution is 5.83. The van der Waals surface area contributed by atoms with Crippen LogP contribution in [0.3, 0.4) is 0 Å². The maximum Gasteiger partial charge on any atom is 0.0479 e. The molecule has 0 fully saturated rings. The van der Waals surface area contributed by atoms with Crippen LogP contribution in [0.1, 0.15) is 13.3 Å². The van der Waals surface area contributed by atoms with Gasteiger partial charge >= 0.3 is 0 Å².